The Morgan fingerprint density at radius 3 is 2.52 bits per heavy atom. The van der Waals surface area contributed by atoms with Crippen molar-refractivity contribution in [1.29, 1.82) is 0 Å². The van der Waals surface area contributed by atoms with Gasteiger partial charge in [-0.1, -0.05) is 11.6 Å². The average Bonchev–Trinajstić information content (AvgIpc) is 3.17. The minimum Gasteiger partial charge on any atom is -0.353 e. The molecule has 0 saturated heterocycles. The summed E-state index contributed by atoms with van der Waals surface area (Å²) in [5.74, 6) is 1.76. The van der Waals surface area contributed by atoms with Crippen molar-refractivity contribution in [3.05, 3.63) is 22.8 Å². The van der Waals surface area contributed by atoms with Gasteiger partial charge in [0.2, 0.25) is 0 Å². The summed E-state index contributed by atoms with van der Waals surface area (Å²) >= 11 is 6.49. The van der Waals surface area contributed by atoms with Crippen LogP contribution < -0.4 is 10.2 Å². The number of hydrogen-bond donors (Lipinski definition) is 1. The Kier molecular flexibility index (Phi) is 5.15. The van der Waals surface area contributed by atoms with Crippen molar-refractivity contribution in [2.75, 3.05) is 11.4 Å². The lowest BCUT2D eigenvalue weighted by atomic mass is 10.1. The van der Waals surface area contributed by atoms with Crippen molar-refractivity contribution in [2.24, 2.45) is 5.92 Å². The Morgan fingerprint density at radius 1 is 1.38 bits per heavy atom. The molecule has 0 unspecified atom stereocenters. The fraction of sp³-hybridized carbons (Fsp3) is 0.706. The van der Waals surface area contributed by atoms with E-state index >= 15 is 0 Å². The molecule has 0 aromatic carbocycles. The molecule has 118 valence electrons. The first-order chi connectivity index (χ1) is 9.76. The monoisotopic (exact) mass is 309 g/mol. The molecule has 0 spiro atoms. The van der Waals surface area contributed by atoms with Crippen LogP contribution in [-0.4, -0.2) is 23.1 Å². The maximum Gasteiger partial charge on any atom is 0.147 e. The van der Waals surface area contributed by atoms with Gasteiger partial charge in [-0.15, -0.1) is 0 Å². The molecule has 0 atom stereocenters. The largest absolute Gasteiger partial charge is 0.353 e. The van der Waals surface area contributed by atoms with Crippen molar-refractivity contribution in [1.82, 2.24) is 10.3 Å². The number of nitrogens with one attached hydrogen (secondary N) is 1. The Morgan fingerprint density at radius 2 is 2.05 bits per heavy atom. The van der Waals surface area contributed by atoms with Crippen LogP contribution in [0.4, 0.5) is 5.82 Å². The maximum atomic E-state index is 6.49. The van der Waals surface area contributed by atoms with Gasteiger partial charge in [0.1, 0.15) is 5.82 Å². The summed E-state index contributed by atoms with van der Waals surface area (Å²) in [7, 11) is 0. The van der Waals surface area contributed by atoms with E-state index < -0.39 is 0 Å². The third-order valence-corrected chi connectivity index (χ3v) is 4.03. The van der Waals surface area contributed by atoms with Gasteiger partial charge in [0.25, 0.3) is 0 Å². The molecule has 1 heterocycles. The van der Waals surface area contributed by atoms with Crippen molar-refractivity contribution in [3.8, 4) is 0 Å². The smallest absolute Gasteiger partial charge is 0.147 e. The molecule has 1 aliphatic rings. The Labute approximate surface area is 134 Å². The molecule has 3 nitrogen and oxygen atoms in total. The second-order valence-corrected chi connectivity index (χ2v) is 7.85. The third-order valence-electron chi connectivity index (χ3n) is 3.75. The van der Waals surface area contributed by atoms with E-state index in [1.807, 2.05) is 12.3 Å². The molecule has 0 aliphatic heterocycles. The summed E-state index contributed by atoms with van der Waals surface area (Å²) in [6.07, 6.45) is 4.63. The van der Waals surface area contributed by atoms with Crippen LogP contribution in [0.2, 0.25) is 5.02 Å². The van der Waals surface area contributed by atoms with E-state index in [9.17, 15) is 0 Å². The van der Waals surface area contributed by atoms with Crippen LogP contribution in [0.25, 0.3) is 0 Å². The lowest BCUT2D eigenvalue weighted by molar-refractivity contribution is 0.424. The van der Waals surface area contributed by atoms with Crippen LogP contribution in [0.5, 0.6) is 0 Å². The zero-order valence-electron chi connectivity index (χ0n) is 13.9. The van der Waals surface area contributed by atoms with E-state index in [4.69, 9.17) is 11.6 Å². The van der Waals surface area contributed by atoms with Gasteiger partial charge in [0.15, 0.2) is 0 Å². The van der Waals surface area contributed by atoms with Crippen molar-refractivity contribution in [3.63, 3.8) is 0 Å². The topological polar surface area (TPSA) is 28.2 Å². The van der Waals surface area contributed by atoms with Crippen LogP contribution in [0.3, 0.4) is 0 Å². The molecule has 0 bridgehead atoms. The molecular weight excluding hydrogens is 282 g/mol. The average molecular weight is 310 g/mol. The molecule has 0 radical (unpaired) electrons. The van der Waals surface area contributed by atoms with Crippen molar-refractivity contribution in [2.45, 2.75) is 65.6 Å². The number of rotatable bonds is 6. The summed E-state index contributed by atoms with van der Waals surface area (Å²) in [6, 6.07) is 2.47. The standard InChI is InChI=1S/C17H28ClN3/c1-12(2)21(11-13-6-7-13)16-15(18)8-14(9-19-16)10-20-17(3,4)5/h8-9,12-13,20H,6-7,10-11H2,1-5H3. The van der Waals surface area contributed by atoms with E-state index in [-0.39, 0.29) is 5.54 Å². The zero-order valence-corrected chi connectivity index (χ0v) is 14.7. The van der Waals surface area contributed by atoms with Crippen LogP contribution in [0, 0.1) is 5.92 Å². The first-order valence-corrected chi connectivity index (χ1v) is 8.30. The molecule has 21 heavy (non-hydrogen) atoms. The molecule has 0 amide bonds. The van der Waals surface area contributed by atoms with Gasteiger partial charge in [0.05, 0.1) is 5.02 Å². The lowest BCUT2D eigenvalue weighted by Crippen LogP contribution is -2.35. The third kappa shape index (κ3) is 5.15. The highest BCUT2D eigenvalue weighted by molar-refractivity contribution is 6.33. The summed E-state index contributed by atoms with van der Waals surface area (Å²) in [5, 5.41) is 4.23. The second kappa shape index (κ2) is 6.53. The summed E-state index contributed by atoms with van der Waals surface area (Å²) in [6.45, 7) is 12.8. The number of nitrogens with zero attached hydrogens (tertiary/aromatic N) is 2. The van der Waals surface area contributed by atoms with Gasteiger partial charge in [0, 0.05) is 30.9 Å². The Bertz CT molecular complexity index is 475. The highest BCUT2D eigenvalue weighted by Gasteiger charge is 2.27. The lowest BCUT2D eigenvalue weighted by Gasteiger charge is -2.29. The maximum absolute atomic E-state index is 6.49. The fourth-order valence-corrected chi connectivity index (χ4v) is 2.56. The Hall–Kier alpha value is -0.800. The second-order valence-electron chi connectivity index (χ2n) is 7.44. The first-order valence-electron chi connectivity index (χ1n) is 7.92. The summed E-state index contributed by atoms with van der Waals surface area (Å²) in [5.41, 5.74) is 1.23. The van der Waals surface area contributed by atoms with Gasteiger partial charge < -0.3 is 10.2 Å². The van der Waals surface area contributed by atoms with Gasteiger partial charge >= 0.3 is 0 Å². The van der Waals surface area contributed by atoms with Crippen molar-refractivity contribution < 1.29 is 0 Å². The number of anilines is 1. The zero-order chi connectivity index (χ0) is 15.6. The van der Waals surface area contributed by atoms with Crippen LogP contribution in [0.15, 0.2) is 12.3 Å². The predicted octanol–water partition coefficient (Wildman–Crippen LogP) is 4.25. The van der Waals surface area contributed by atoms with E-state index in [0.29, 0.717) is 6.04 Å². The first kappa shape index (κ1) is 16.6. The molecule has 1 fully saturated rings. The van der Waals surface area contributed by atoms with Gasteiger partial charge in [-0.3, -0.25) is 0 Å². The number of aromatic nitrogens is 1. The van der Waals surface area contributed by atoms with E-state index in [2.05, 4.69) is 49.8 Å². The summed E-state index contributed by atoms with van der Waals surface area (Å²) in [4.78, 5) is 6.97. The SMILES string of the molecule is CC(C)N(CC1CC1)c1ncc(CNC(C)(C)C)cc1Cl. The van der Waals surface area contributed by atoms with Crippen molar-refractivity contribution >= 4 is 17.4 Å². The highest BCUT2D eigenvalue weighted by atomic mass is 35.5. The van der Waals surface area contributed by atoms with Gasteiger partial charge in [-0.05, 0) is 65.0 Å². The van der Waals surface area contributed by atoms with Gasteiger partial charge in [-0.25, -0.2) is 4.98 Å². The fourth-order valence-electron chi connectivity index (χ4n) is 2.27. The number of halogens is 1. The molecule has 1 saturated carbocycles. The quantitative estimate of drug-likeness (QED) is 0.851. The van der Waals surface area contributed by atoms with E-state index in [1.54, 1.807) is 0 Å². The number of hydrogen-bond acceptors (Lipinski definition) is 3. The minimum atomic E-state index is 0.0983. The normalized spacial score (nSPS) is 15.6. The molecule has 1 aliphatic carbocycles. The van der Waals surface area contributed by atoms with E-state index in [1.165, 1.54) is 12.8 Å². The highest BCUT2D eigenvalue weighted by Crippen LogP contribution is 2.34. The molecule has 1 aromatic heterocycles. The minimum absolute atomic E-state index is 0.0983. The van der Waals surface area contributed by atoms with Gasteiger partial charge in [-0.2, -0.15) is 0 Å². The molecular formula is C17H28ClN3. The molecule has 4 heteroatoms. The van der Waals surface area contributed by atoms with E-state index in [0.717, 1.165) is 35.4 Å². The van der Waals surface area contributed by atoms with Crippen LogP contribution >= 0.6 is 11.6 Å². The molecule has 1 N–H and O–H groups in total. The molecule has 2 rings (SSSR count). The van der Waals surface area contributed by atoms with Crippen LogP contribution in [-0.2, 0) is 6.54 Å². The molecule has 1 aromatic rings. The number of pyridine rings is 1. The Balaban J connectivity index is 2.09. The summed E-state index contributed by atoms with van der Waals surface area (Å²) < 4.78 is 0. The predicted molar refractivity (Wildman–Crippen MR) is 91.0 cm³/mol. The van der Waals surface area contributed by atoms with Crippen LogP contribution in [0.1, 0.15) is 53.0 Å².